The van der Waals surface area contributed by atoms with Crippen molar-refractivity contribution in [1.29, 1.82) is 0 Å². The lowest BCUT2D eigenvalue weighted by Gasteiger charge is -2.35. The van der Waals surface area contributed by atoms with Crippen molar-refractivity contribution in [1.82, 2.24) is 4.90 Å². The van der Waals surface area contributed by atoms with Crippen LogP contribution in [0.5, 0.6) is 0 Å². The minimum atomic E-state index is -0.988. The van der Waals surface area contributed by atoms with Gasteiger partial charge >= 0.3 is 5.97 Å². The molecular formula is C16H16N2O3S. The summed E-state index contributed by atoms with van der Waals surface area (Å²) in [7, 11) is 0. The van der Waals surface area contributed by atoms with Gasteiger partial charge in [0.15, 0.2) is 0 Å². The summed E-state index contributed by atoms with van der Waals surface area (Å²) in [6, 6.07) is 13.2. The number of carboxylic acid groups (broad SMARTS) is 1. The quantitative estimate of drug-likeness (QED) is 0.944. The van der Waals surface area contributed by atoms with E-state index in [0.29, 0.717) is 18.0 Å². The lowest BCUT2D eigenvalue weighted by Crippen LogP contribution is -2.48. The van der Waals surface area contributed by atoms with E-state index in [4.69, 9.17) is 5.11 Å². The molecular weight excluding hydrogens is 300 g/mol. The summed E-state index contributed by atoms with van der Waals surface area (Å²) >= 11 is 1.04. The molecule has 0 unspecified atom stereocenters. The van der Waals surface area contributed by atoms with Crippen molar-refractivity contribution in [3.63, 3.8) is 0 Å². The van der Waals surface area contributed by atoms with Crippen molar-refractivity contribution in [3.05, 3.63) is 52.2 Å². The molecule has 0 radical (unpaired) electrons. The molecule has 114 valence electrons. The summed E-state index contributed by atoms with van der Waals surface area (Å²) in [5.74, 6) is -1.07. The topological polar surface area (TPSA) is 60.9 Å². The first-order chi connectivity index (χ1) is 10.6. The molecule has 0 atom stereocenters. The van der Waals surface area contributed by atoms with Gasteiger partial charge in [0.2, 0.25) is 0 Å². The Kier molecular flexibility index (Phi) is 4.11. The average molecular weight is 316 g/mol. The number of benzene rings is 1. The van der Waals surface area contributed by atoms with Gasteiger partial charge in [-0.25, -0.2) is 4.79 Å². The molecule has 0 aliphatic carbocycles. The van der Waals surface area contributed by atoms with Gasteiger partial charge in [0.25, 0.3) is 5.91 Å². The number of para-hydroxylation sites is 1. The maximum Gasteiger partial charge on any atom is 0.345 e. The van der Waals surface area contributed by atoms with Crippen LogP contribution in [0.25, 0.3) is 0 Å². The first kappa shape index (κ1) is 14.6. The fourth-order valence-electron chi connectivity index (χ4n) is 2.53. The highest BCUT2D eigenvalue weighted by Gasteiger charge is 2.23. The summed E-state index contributed by atoms with van der Waals surface area (Å²) in [4.78, 5) is 28.0. The number of hydrogen-bond acceptors (Lipinski definition) is 4. The van der Waals surface area contributed by atoms with E-state index in [1.54, 1.807) is 11.0 Å². The number of carboxylic acids is 1. The van der Waals surface area contributed by atoms with Crippen molar-refractivity contribution >= 4 is 28.9 Å². The van der Waals surface area contributed by atoms with Crippen molar-refractivity contribution in [2.45, 2.75) is 0 Å². The first-order valence-corrected chi connectivity index (χ1v) is 7.89. The van der Waals surface area contributed by atoms with Crippen LogP contribution in [-0.4, -0.2) is 48.1 Å². The highest BCUT2D eigenvalue weighted by Crippen LogP contribution is 2.21. The van der Waals surface area contributed by atoms with Gasteiger partial charge in [-0.05, 0) is 24.3 Å². The number of piperazine rings is 1. The molecule has 1 saturated heterocycles. The molecule has 1 aliphatic heterocycles. The number of aromatic carboxylic acids is 1. The van der Waals surface area contributed by atoms with E-state index in [2.05, 4.69) is 17.0 Å². The molecule has 22 heavy (non-hydrogen) atoms. The van der Waals surface area contributed by atoms with Crippen LogP contribution in [-0.2, 0) is 0 Å². The molecule has 2 heterocycles. The Bertz CT molecular complexity index is 676. The van der Waals surface area contributed by atoms with Gasteiger partial charge in [0, 0.05) is 31.9 Å². The molecule has 5 nitrogen and oxygen atoms in total. The van der Waals surface area contributed by atoms with E-state index in [1.165, 1.54) is 11.8 Å². The van der Waals surface area contributed by atoms with Crippen molar-refractivity contribution in [3.8, 4) is 0 Å². The van der Waals surface area contributed by atoms with Crippen LogP contribution in [0.3, 0.4) is 0 Å². The predicted molar refractivity (Wildman–Crippen MR) is 85.8 cm³/mol. The maximum atomic E-state index is 12.4. The molecule has 1 aromatic carbocycles. The number of anilines is 1. The second-order valence-electron chi connectivity index (χ2n) is 5.08. The normalized spacial score (nSPS) is 14.9. The number of hydrogen-bond donors (Lipinski definition) is 1. The van der Waals surface area contributed by atoms with Crippen LogP contribution in [0.15, 0.2) is 42.5 Å². The zero-order valence-electron chi connectivity index (χ0n) is 11.9. The third-order valence-electron chi connectivity index (χ3n) is 3.72. The Balaban J connectivity index is 1.63. The van der Waals surface area contributed by atoms with E-state index >= 15 is 0 Å². The second-order valence-corrected chi connectivity index (χ2v) is 6.17. The van der Waals surface area contributed by atoms with Crippen LogP contribution in [0.4, 0.5) is 5.69 Å². The molecule has 1 fully saturated rings. The third-order valence-corrected chi connectivity index (χ3v) is 4.78. The van der Waals surface area contributed by atoms with Crippen molar-refractivity contribution in [2.75, 3.05) is 31.1 Å². The molecule has 1 amide bonds. The molecule has 1 aliphatic rings. The molecule has 0 bridgehead atoms. The van der Waals surface area contributed by atoms with E-state index in [-0.39, 0.29) is 10.8 Å². The highest BCUT2D eigenvalue weighted by molar-refractivity contribution is 7.15. The summed E-state index contributed by atoms with van der Waals surface area (Å²) < 4.78 is 0. The van der Waals surface area contributed by atoms with E-state index in [0.717, 1.165) is 24.4 Å². The fourth-order valence-corrected chi connectivity index (χ4v) is 3.34. The summed E-state index contributed by atoms with van der Waals surface area (Å²) in [5.41, 5.74) is 1.17. The van der Waals surface area contributed by atoms with Crippen LogP contribution < -0.4 is 4.90 Å². The number of thiophene rings is 1. The van der Waals surface area contributed by atoms with Gasteiger partial charge in [-0.2, -0.15) is 0 Å². The van der Waals surface area contributed by atoms with Crippen LogP contribution >= 0.6 is 11.3 Å². The van der Waals surface area contributed by atoms with Gasteiger partial charge < -0.3 is 14.9 Å². The maximum absolute atomic E-state index is 12.4. The van der Waals surface area contributed by atoms with Gasteiger partial charge in [0.1, 0.15) is 4.88 Å². The standard InChI is InChI=1S/C16H16N2O3S/c19-15(13-6-7-14(22-13)16(20)21)18-10-8-17(9-11-18)12-4-2-1-3-5-12/h1-7H,8-11H2,(H,20,21). The number of carbonyl (C=O) groups is 2. The van der Waals surface area contributed by atoms with E-state index in [1.807, 2.05) is 18.2 Å². The Morgan fingerprint density at radius 1 is 0.909 bits per heavy atom. The third kappa shape index (κ3) is 2.96. The first-order valence-electron chi connectivity index (χ1n) is 7.07. The zero-order valence-corrected chi connectivity index (χ0v) is 12.8. The van der Waals surface area contributed by atoms with Gasteiger partial charge in [-0.1, -0.05) is 18.2 Å². The van der Waals surface area contributed by atoms with Crippen LogP contribution in [0.1, 0.15) is 19.3 Å². The van der Waals surface area contributed by atoms with Gasteiger partial charge in [-0.15, -0.1) is 11.3 Å². The smallest absolute Gasteiger partial charge is 0.345 e. The van der Waals surface area contributed by atoms with E-state index < -0.39 is 5.97 Å². The average Bonchev–Trinajstić information content (AvgIpc) is 3.05. The lowest BCUT2D eigenvalue weighted by molar-refractivity contribution is 0.0701. The second kappa shape index (κ2) is 6.19. The summed E-state index contributed by atoms with van der Waals surface area (Å²) in [5, 5.41) is 8.93. The summed E-state index contributed by atoms with van der Waals surface area (Å²) in [6.07, 6.45) is 0. The molecule has 1 N–H and O–H groups in total. The van der Waals surface area contributed by atoms with Crippen LogP contribution in [0, 0.1) is 0 Å². The van der Waals surface area contributed by atoms with E-state index in [9.17, 15) is 9.59 Å². The minimum Gasteiger partial charge on any atom is -0.477 e. The monoisotopic (exact) mass is 316 g/mol. The highest BCUT2D eigenvalue weighted by atomic mass is 32.1. The molecule has 2 aromatic rings. The number of nitrogens with zero attached hydrogens (tertiary/aromatic N) is 2. The van der Waals surface area contributed by atoms with Gasteiger partial charge in [-0.3, -0.25) is 4.79 Å². The zero-order chi connectivity index (χ0) is 15.5. The predicted octanol–water partition coefficient (Wildman–Crippen LogP) is 2.41. The number of amides is 1. The minimum absolute atomic E-state index is 0.0785. The lowest BCUT2D eigenvalue weighted by atomic mass is 10.2. The molecule has 0 spiro atoms. The SMILES string of the molecule is O=C(O)c1ccc(C(=O)N2CCN(c3ccccc3)CC2)s1. The largest absolute Gasteiger partial charge is 0.477 e. The van der Waals surface area contributed by atoms with Crippen molar-refractivity contribution < 1.29 is 14.7 Å². The number of carbonyl (C=O) groups excluding carboxylic acids is 1. The summed E-state index contributed by atoms with van der Waals surface area (Å²) in [6.45, 7) is 2.86. The Morgan fingerprint density at radius 3 is 2.14 bits per heavy atom. The molecule has 0 saturated carbocycles. The Morgan fingerprint density at radius 2 is 1.55 bits per heavy atom. The number of rotatable bonds is 3. The Labute approximate surface area is 132 Å². The molecule has 6 heteroatoms. The molecule has 3 rings (SSSR count). The van der Waals surface area contributed by atoms with Crippen LogP contribution in [0.2, 0.25) is 0 Å². The van der Waals surface area contributed by atoms with Crippen molar-refractivity contribution in [2.24, 2.45) is 0 Å². The van der Waals surface area contributed by atoms with Gasteiger partial charge in [0.05, 0.1) is 4.88 Å². The molecule has 1 aromatic heterocycles. The Hall–Kier alpha value is -2.34. The fraction of sp³-hybridized carbons (Fsp3) is 0.250.